The van der Waals surface area contributed by atoms with Crippen LogP contribution in [0.15, 0.2) is 66.7 Å². The van der Waals surface area contributed by atoms with Crippen LogP contribution in [0.3, 0.4) is 0 Å². The van der Waals surface area contributed by atoms with E-state index in [4.69, 9.17) is 9.47 Å². The lowest BCUT2D eigenvalue weighted by Crippen LogP contribution is -2.44. The van der Waals surface area contributed by atoms with Crippen LogP contribution in [-0.2, 0) is 4.74 Å². The maximum absolute atomic E-state index is 14.9. The van der Waals surface area contributed by atoms with Gasteiger partial charge in [-0.1, -0.05) is 48.0 Å². The van der Waals surface area contributed by atoms with Gasteiger partial charge in [0, 0.05) is 19.6 Å². The van der Waals surface area contributed by atoms with Crippen LogP contribution in [-0.4, -0.2) is 50.8 Å². The van der Waals surface area contributed by atoms with Crippen molar-refractivity contribution >= 4 is 5.91 Å². The van der Waals surface area contributed by atoms with Gasteiger partial charge in [0.05, 0.1) is 31.9 Å². The summed E-state index contributed by atoms with van der Waals surface area (Å²) in [5.41, 5.74) is 3.90. The number of carbonyl (C=O) groups excluding carboxylic acids is 1. The van der Waals surface area contributed by atoms with Gasteiger partial charge in [0.15, 0.2) is 0 Å². The molecule has 1 N–H and O–H groups in total. The summed E-state index contributed by atoms with van der Waals surface area (Å²) < 4.78 is 25.5. The van der Waals surface area contributed by atoms with E-state index < -0.39 is 11.7 Å². The standard InChI is InChI=1S/C27H29FN2O3/c1-19-4-3-5-22(16-19)26(30-12-14-33-15-13-30)18-29-27(31)24-11-8-21(17-25(24)28)20-6-9-23(32-2)10-7-20/h3-11,16-17,26H,12-15,18H2,1-2H3,(H,29,31). The Morgan fingerprint density at radius 3 is 2.45 bits per heavy atom. The van der Waals surface area contributed by atoms with Crippen LogP contribution in [0.2, 0.25) is 0 Å². The van der Waals surface area contributed by atoms with Gasteiger partial charge in [-0.25, -0.2) is 4.39 Å². The molecule has 1 unspecified atom stereocenters. The highest BCUT2D eigenvalue weighted by Gasteiger charge is 2.24. The Hall–Kier alpha value is -3.22. The molecule has 1 amide bonds. The number of hydrogen-bond donors (Lipinski definition) is 1. The Labute approximate surface area is 194 Å². The molecule has 0 bridgehead atoms. The molecule has 0 aliphatic carbocycles. The Morgan fingerprint density at radius 2 is 1.79 bits per heavy atom. The molecule has 1 atom stereocenters. The maximum Gasteiger partial charge on any atom is 0.254 e. The van der Waals surface area contributed by atoms with Crippen molar-refractivity contribution in [1.82, 2.24) is 10.2 Å². The van der Waals surface area contributed by atoms with Crippen LogP contribution in [0.4, 0.5) is 4.39 Å². The number of rotatable bonds is 7. The zero-order valence-corrected chi connectivity index (χ0v) is 19.0. The zero-order valence-electron chi connectivity index (χ0n) is 19.0. The van der Waals surface area contributed by atoms with Crippen molar-refractivity contribution in [3.63, 3.8) is 0 Å². The molecule has 0 saturated carbocycles. The molecule has 33 heavy (non-hydrogen) atoms. The van der Waals surface area contributed by atoms with Crippen LogP contribution >= 0.6 is 0 Å². The molecule has 0 aromatic heterocycles. The highest BCUT2D eigenvalue weighted by molar-refractivity contribution is 5.95. The second-order valence-corrected chi connectivity index (χ2v) is 8.21. The van der Waals surface area contributed by atoms with E-state index in [1.165, 1.54) is 6.07 Å². The number of halogens is 1. The summed E-state index contributed by atoms with van der Waals surface area (Å²) in [6, 6.07) is 20.4. The summed E-state index contributed by atoms with van der Waals surface area (Å²) in [6.07, 6.45) is 0. The second-order valence-electron chi connectivity index (χ2n) is 8.21. The fourth-order valence-corrected chi connectivity index (χ4v) is 4.17. The third-order valence-corrected chi connectivity index (χ3v) is 6.01. The molecular formula is C27H29FN2O3. The second kappa shape index (κ2) is 10.6. The highest BCUT2D eigenvalue weighted by Crippen LogP contribution is 2.25. The Kier molecular flexibility index (Phi) is 7.37. The number of nitrogens with one attached hydrogen (secondary N) is 1. The van der Waals surface area contributed by atoms with Crippen LogP contribution < -0.4 is 10.1 Å². The first-order valence-corrected chi connectivity index (χ1v) is 11.2. The van der Waals surface area contributed by atoms with E-state index in [2.05, 4.69) is 35.3 Å². The van der Waals surface area contributed by atoms with Gasteiger partial charge >= 0.3 is 0 Å². The summed E-state index contributed by atoms with van der Waals surface area (Å²) in [4.78, 5) is 15.2. The maximum atomic E-state index is 14.9. The number of carbonyl (C=O) groups is 1. The van der Waals surface area contributed by atoms with Crippen molar-refractivity contribution in [2.75, 3.05) is 40.0 Å². The fourth-order valence-electron chi connectivity index (χ4n) is 4.17. The van der Waals surface area contributed by atoms with Gasteiger partial charge in [-0.15, -0.1) is 0 Å². The van der Waals surface area contributed by atoms with E-state index in [-0.39, 0.29) is 11.6 Å². The summed E-state index contributed by atoms with van der Waals surface area (Å²) >= 11 is 0. The third-order valence-electron chi connectivity index (χ3n) is 6.01. The van der Waals surface area contributed by atoms with Crippen LogP contribution in [0, 0.1) is 12.7 Å². The lowest BCUT2D eigenvalue weighted by molar-refractivity contribution is 0.0162. The van der Waals surface area contributed by atoms with E-state index in [9.17, 15) is 9.18 Å². The van der Waals surface area contributed by atoms with Crippen molar-refractivity contribution in [3.05, 3.63) is 89.2 Å². The smallest absolute Gasteiger partial charge is 0.254 e. The monoisotopic (exact) mass is 448 g/mol. The van der Waals surface area contributed by atoms with E-state index in [1.54, 1.807) is 19.2 Å². The van der Waals surface area contributed by atoms with Gasteiger partial charge in [0.2, 0.25) is 0 Å². The normalized spacial score (nSPS) is 15.1. The molecule has 1 aliphatic heterocycles. The number of ether oxygens (including phenoxy) is 2. The van der Waals surface area contributed by atoms with Crippen LogP contribution in [0.1, 0.15) is 27.5 Å². The molecule has 172 valence electrons. The molecule has 1 heterocycles. The zero-order chi connectivity index (χ0) is 23.2. The molecule has 1 fully saturated rings. The van der Waals surface area contributed by atoms with E-state index in [0.717, 1.165) is 35.5 Å². The van der Waals surface area contributed by atoms with Crippen molar-refractivity contribution in [2.45, 2.75) is 13.0 Å². The summed E-state index contributed by atoms with van der Waals surface area (Å²) in [5, 5.41) is 2.95. The number of benzene rings is 3. The molecule has 0 radical (unpaired) electrons. The molecule has 5 nitrogen and oxygen atoms in total. The van der Waals surface area contributed by atoms with Crippen LogP contribution in [0.5, 0.6) is 5.75 Å². The number of hydrogen-bond acceptors (Lipinski definition) is 4. The first-order chi connectivity index (χ1) is 16.0. The summed E-state index contributed by atoms with van der Waals surface area (Å²) in [6.45, 7) is 5.36. The predicted octanol–water partition coefficient (Wildman–Crippen LogP) is 4.61. The molecular weight excluding hydrogens is 419 g/mol. The SMILES string of the molecule is COc1ccc(-c2ccc(C(=O)NCC(c3cccc(C)c3)N3CCOCC3)c(F)c2)cc1. The Bertz CT molecular complexity index is 1090. The number of aryl methyl sites for hydroxylation is 1. The van der Waals surface area contributed by atoms with Crippen molar-refractivity contribution in [2.24, 2.45) is 0 Å². The summed E-state index contributed by atoms with van der Waals surface area (Å²) in [7, 11) is 1.60. The Morgan fingerprint density at radius 1 is 1.06 bits per heavy atom. The largest absolute Gasteiger partial charge is 0.497 e. The molecule has 1 aliphatic rings. The van der Waals surface area contributed by atoms with Crippen molar-refractivity contribution in [3.8, 4) is 16.9 Å². The highest BCUT2D eigenvalue weighted by atomic mass is 19.1. The molecule has 6 heteroatoms. The first-order valence-electron chi connectivity index (χ1n) is 11.2. The van der Waals surface area contributed by atoms with Crippen molar-refractivity contribution in [1.29, 1.82) is 0 Å². The molecule has 0 spiro atoms. The lowest BCUT2D eigenvalue weighted by Gasteiger charge is -2.35. The number of methoxy groups -OCH3 is 1. The molecule has 4 rings (SSSR count). The van der Waals surface area contributed by atoms with Gasteiger partial charge in [-0.3, -0.25) is 9.69 Å². The topological polar surface area (TPSA) is 50.8 Å². The number of morpholine rings is 1. The van der Waals surface area contributed by atoms with Gasteiger partial charge in [0.1, 0.15) is 11.6 Å². The molecule has 3 aromatic carbocycles. The minimum absolute atomic E-state index is 0.000571. The quantitative estimate of drug-likeness (QED) is 0.573. The average Bonchev–Trinajstić information content (AvgIpc) is 2.85. The Balaban J connectivity index is 1.48. The third kappa shape index (κ3) is 5.59. The van der Waals surface area contributed by atoms with Crippen molar-refractivity contribution < 1.29 is 18.7 Å². The van der Waals surface area contributed by atoms with E-state index >= 15 is 0 Å². The van der Waals surface area contributed by atoms with Gasteiger partial charge < -0.3 is 14.8 Å². The fraction of sp³-hybridized carbons (Fsp3) is 0.296. The van der Waals surface area contributed by atoms with Gasteiger partial charge in [0.25, 0.3) is 5.91 Å². The lowest BCUT2D eigenvalue weighted by atomic mass is 10.0. The number of amides is 1. The molecule has 3 aromatic rings. The summed E-state index contributed by atoms with van der Waals surface area (Å²) in [5.74, 6) is -0.224. The average molecular weight is 449 g/mol. The molecule has 1 saturated heterocycles. The minimum Gasteiger partial charge on any atom is -0.497 e. The van der Waals surface area contributed by atoms with E-state index in [0.29, 0.717) is 25.3 Å². The van der Waals surface area contributed by atoms with E-state index in [1.807, 2.05) is 30.3 Å². The predicted molar refractivity (Wildman–Crippen MR) is 127 cm³/mol. The number of nitrogens with zero attached hydrogens (tertiary/aromatic N) is 1. The van der Waals surface area contributed by atoms with Gasteiger partial charge in [-0.05, 0) is 47.9 Å². The van der Waals surface area contributed by atoms with Crippen LogP contribution in [0.25, 0.3) is 11.1 Å². The van der Waals surface area contributed by atoms with Gasteiger partial charge in [-0.2, -0.15) is 0 Å². The minimum atomic E-state index is -0.542. The first kappa shape index (κ1) is 23.0.